The van der Waals surface area contributed by atoms with Gasteiger partial charge in [-0.3, -0.25) is 0 Å². The van der Waals surface area contributed by atoms with Gasteiger partial charge in [0.25, 0.3) is 0 Å². The van der Waals surface area contributed by atoms with Crippen LogP contribution < -0.4 is 4.80 Å². The van der Waals surface area contributed by atoms with Crippen LogP contribution in [0.3, 0.4) is 0 Å². The fourth-order valence-corrected chi connectivity index (χ4v) is 4.27. The van der Waals surface area contributed by atoms with E-state index in [1.807, 2.05) is 30.3 Å². The second-order valence-electron chi connectivity index (χ2n) is 5.90. The Hall–Kier alpha value is -2.40. The molecule has 0 atom stereocenters. The van der Waals surface area contributed by atoms with E-state index in [2.05, 4.69) is 39.0 Å². The van der Waals surface area contributed by atoms with Crippen LogP contribution in [0.5, 0.6) is 0 Å². The van der Waals surface area contributed by atoms with Crippen molar-refractivity contribution in [2.45, 2.75) is 6.54 Å². The van der Waals surface area contributed by atoms with Gasteiger partial charge in [0, 0.05) is 5.56 Å². The number of nitrogens with zero attached hydrogens (tertiary/aromatic N) is 3. The summed E-state index contributed by atoms with van der Waals surface area (Å²) in [6.07, 6.45) is 1.60. The van der Waals surface area contributed by atoms with E-state index >= 15 is 0 Å². The number of fused-ring (bicyclic) bond motifs is 1. The molecule has 0 radical (unpaired) electrons. The molecule has 1 aromatic heterocycles. The Labute approximate surface area is 170 Å². The van der Waals surface area contributed by atoms with E-state index in [9.17, 15) is 0 Å². The summed E-state index contributed by atoms with van der Waals surface area (Å²) in [5.41, 5.74) is 3.01. The molecule has 6 heteroatoms. The van der Waals surface area contributed by atoms with E-state index in [-0.39, 0.29) is 0 Å². The van der Waals surface area contributed by atoms with Crippen molar-refractivity contribution < 1.29 is 0 Å². The summed E-state index contributed by atoms with van der Waals surface area (Å²) < 4.78 is 3.33. The zero-order valence-corrected chi connectivity index (χ0v) is 16.5. The SMILES string of the molecule is Clc1cccc(Cl)c1/C=N/N=c1/sc2ccccc2n1Cc1ccccc1. The number of hydrogen-bond acceptors (Lipinski definition) is 3. The van der Waals surface area contributed by atoms with Crippen molar-refractivity contribution in [3.8, 4) is 0 Å². The van der Waals surface area contributed by atoms with Crippen molar-refractivity contribution in [3.63, 3.8) is 0 Å². The molecule has 0 amide bonds. The van der Waals surface area contributed by atoms with Crippen molar-refractivity contribution in [1.82, 2.24) is 4.57 Å². The first-order valence-corrected chi connectivity index (χ1v) is 9.93. The van der Waals surface area contributed by atoms with Crippen LogP contribution in [0.1, 0.15) is 11.1 Å². The van der Waals surface area contributed by atoms with E-state index in [1.54, 1.807) is 35.8 Å². The normalized spacial score (nSPS) is 12.3. The molecule has 1 heterocycles. The van der Waals surface area contributed by atoms with Gasteiger partial charge in [-0.25, -0.2) is 0 Å². The van der Waals surface area contributed by atoms with Gasteiger partial charge in [-0.2, -0.15) is 5.10 Å². The molecule has 0 bridgehead atoms. The van der Waals surface area contributed by atoms with Gasteiger partial charge in [0.05, 0.1) is 33.0 Å². The summed E-state index contributed by atoms with van der Waals surface area (Å²) >= 11 is 14.0. The average molecular weight is 412 g/mol. The molecule has 0 fully saturated rings. The lowest BCUT2D eigenvalue weighted by molar-refractivity contribution is 0.789. The highest BCUT2D eigenvalue weighted by Crippen LogP contribution is 2.22. The molecule has 3 aromatic carbocycles. The molecule has 27 heavy (non-hydrogen) atoms. The molecule has 0 unspecified atom stereocenters. The first-order chi connectivity index (χ1) is 13.2. The molecule has 0 spiro atoms. The van der Waals surface area contributed by atoms with Crippen LogP contribution >= 0.6 is 34.5 Å². The Morgan fingerprint density at radius 2 is 1.56 bits per heavy atom. The maximum atomic E-state index is 6.19. The second-order valence-corrected chi connectivity index (χ2v) is 7.73. The molecule has 4 aromatic rings. The minimum absolute atomic E-state index is 0.551. The lowest BCUT2D eigenvalue weighted by Gasteiger charge is -2.05. The Morgan fingerprint density at radius 1 is 0.852 bits per heavy atom. The Morgan fingerprint density at radius 3 is 2.33 bits per heavy atom. The Bertz CT molecular complexity index is 1160. The second kappa shape index (κ2) is 8.09. The monoisotopic (exact) mass is 411 g/mol. The van der Waals surface area contributed by atoms with Crippen LogP contribution in [-0.2, 0) is 6.54 Å². The van der Waals surface area contributed by atoms with Crippen molar-refractivity contribution in [2.75, 3.05) is 0 Å². The number of para-hydroxylation sites is 1. The number of benzene rings is 3. The lowest BCUT2D eigenvalue weighted by atomic mass is 10.2. The van der Waals surface area contributed by atoms with Gasteiger partial charge in [0.15, 0.2) is 0 Å². The maximum absolute atomic E-state index is 6.19. The first kappa shape index (κ1) is 18.0. The zero-order chi connectivity index (χ0) is 18.6. The molecular formula is C21H15Cl2N3S. The highest BCUT2D eigenvalue weighted by atomic mass is 35.5. The van der Waals surface area contributed by atoms with Crippen molar-refractivity contribution >= 4 is 51.0 Å². The van der Waals surface area contributed by atoms with Gasteiger partial charge >= 0.3 is 0 Å². The van der Waals surface area contributed by atoms with E-state index in [4.69, 9.17) is 23.2 Å². The van der Waals surface area contributed by atoms with Gasteiger partial charge < -0.3 is 4.57 Å². The number of rotatable bonds is 4. The molecule has 3 nitrogen and oxygen atoms in total. The molecule has 0 N–H and O–H groups in total. The van der Waals surface area contributed by atoms with E-state index in [0.29, 0.717) is 15.6 Å². The van der Waals surface area contributed by atoms with Gasteiger partial charge in [0.2, 0.25) is 4.80 Å². The first-order valence-electron chi connectivity index (χ1n) is 8.36. The smallest absolute Gasteiger partial charge is 0.211 e. The van der Waals surface area contributed by atoms with E-state index in [1.165, 1.54) is 5.56 Å². The number of hydrogen-bond donors (Lipinski definition) is 0. The third-order valence-electron chi connectivity index (χ3n) is 4.10. The quantitative estimate of drug-likeness (QED) is 0.291. The number of thiazole rings is 1. The summed E-state index contributed by atoms with van der Waals surface area (Å²) in [6, 6.07) is 23.9. The predicted molar refractivity (Wildman–Crippen MR) is 115 cm³/mol. The average Bonchev–Trinajstić information content (AvgIpc) is 3.02. The molecule has 0 aliphatic carbocycles. The van der Waals surface area contributed by atoms with Crippen LogP contribution in [0.25, 0.3) is 10.2 Å². The van der Waals surface area contributed by atoms with Gasteiger partial charge in [0.1, 0.15) is 0 Å². The van der Waals surface area contributed by atoms with Crippen molar-refractivity contribution in [2.24, 2.45) is 10.2 Å². The topological polar surface area (TPSA) is 29.6 Å². The van der Waals surface area contributed by atoms with Gasteiger partial charge in [-0.15, -0.1) is 5.10 Å². The fourth-order valence-electron chi connectivity index (χ4n) is 2.79. The lowest BCUT2D eigenvalue weighted by Crippen LogP contribution is -2.15. The highest BCUT2D eigenvalue weighted by molar-refractivity contribution is 7.16. The van der Waals surface area contributed by atoms with Crippen molar-refractivity contribution in [3.05, 3.63) is 98.8 Å². The molecule has 0 aliphatic rings. The fraction of sp³-hybridized carbons (Fsp3) is 0.0476. The molecular weight excluding hydrogens is 397 g/mol. The van der Waals surface area contributed by atoms with E-state index in [0.717, 1.165) is 21.6 Å². The summed E-state index contributed by atoms with van der Waals surface area (Å²) in [4.78, 5) is 0.819. The molecule has 4 rings (SSSR count). The largest absolute Gasteiger partial charge is 0.311 e. The summed E-state index contributed by atoms with van der Waals surface area (Å²) in [5, 5.41) is 9.80. The van der Waals surface area contributed by atoms with Crippen LogP contribution in [-0.4, -0.2) is 10.8 Å². The molecule has 0 saturated heterocycles. The third-order valence-corrected chi connectivity index (χ3v) is 5.81. The number of aromatic nitrogens is 1. The predicted octanol–water partition coefficient (Wildman–Crippen LogP) is 5.99. The van der Waals surface area contributed by atoms with Crippen molar-refractivity contribution in [1.29, 1.82) is 0 Å². The van der Waals surface area contributed by atoms with Gasteiger partial charge in [-0.1, -0.05) is 83.1 Å². The van der Waals surface area contributed by atoms with Crippen LogP contribution in [0.2, 0.25) is 10.0 Å². The Balaban J connectivity index is 1.78. The van der Waals surface area contributed by atoms with Gasteiger partial charge in [-0.05, 0) is 29.8 Å². The molecule has 0 aliphatic heterocycles. The summed E-state index contributed by atoms with van der Waals surface area (Å²) in [7, 11) is 0. The number of halogens is 2. The standard InChI is InChI=1S/C21H15Cl2N3S/c22-17-9-6-10-18(23)16(17)13-24-25-21-26(14-15-7-2-1-3-8-15)19-11-4-5-12-20(19)27-21/h1-13H,14H2/b24-13+,25-21+. The van der Waals surface area contributed by atoms with Crippen LogP contribution in [0, 0.1) is 0 Å². The van der Waals surface area contributed by atoms with E-state index < -0.39 is 0 Å². The van der Waals surface area contributed by atoms with Crippen LogP contribution in [0.15, 0.2) is 83.0 Å². The minimum atomic E-state index is 0.551. The molecule has 134 valence electrons. The molecule has 0 saturated carbocycles. The highest BCUT2D eigenvalue weighted by Gasteiger charge is 2.06. The van der Waals surface area contributed by atoms with Crippen LogP contribution in [0.4, 0.5) is 0 Å². The third kappa shape index (κ3) is 3.98. The minimum Gasteiger partial charge on any atom is -0.311 e. The summed E-state index contributed by atoms with van der Waals surface area (Å²) in [6.45, 7) is 0.728. The maximum Gasteiger partial charge on any atom is 0.211 e. The summed E-state index contributed by atoms with van der Waals surface area (Å²) in [5.74, 6) is 0. The zero-order valence-electron chi connectivity index (χ0n) is 14.2. The Kier molecular flexibility index (Phi) is 5.39.